The average molecular weight is 214 g/mol. The van der Waals surface area contributed by atoms with Crippen LogP contribution in [-0.4, -0.2) is 28.6 Å². The van der Waals surface area contributed by atoms with Crippen LogP contribution in [0.4, 0.5) is 0 Å². The number of aromatic nitrogens is 1. The van der Waals surface area contributed by atoms with Crippen molar-refractivity contribution in [1.29, 1.82) is 0 Å². The molecule has 1 aromatic heterocycles. The lowest BCUT2D eigenvalue weighted by Gasteiger charge is -2.15. The van der Waals surface area contributed by atoms with Gasteiger partial charge in [0.25, 0.3) is 5.91 Å². The Labute approximate surface area is 87.4 Å². The van der Waals surface area contributed by atoms with E-state index in [0.29, 0.717) is 10.7 Å². The minimum atomic E-state index is -0.0168. The molecule has 0 radical (unpaired) electrons. The van der Waals surface area contributed by atoms with E-state index in [1.807, 2.05) is 7.05 Å². The van der Waals surface area contributed by atoms with Crippen molar-refractivity contribution in [3.05, 3.63) is 23.0 Å². The van der Waals surface area contributed by atoms with Crippen molar-refractivity contribution in [2.24, 2.45) is 7.05 Å². The molecule has 1 aromatic rings. The number of carbonyl (C=O) groups is 1. The molecule has 1 N–H and O–H groups in total. The minimum Gasteiger partial charge on any atom is -0.345 e. The first-order valence-electron chi connectivity index (χ1n) is 4.56. The van der Waals surface area contributed by atoms with Crippen LogP contribution in [0.5, 0.6) is 0 Å². The Morgan fingerprint density at radius 1 is 1.64 bits per heavy atom. The predicted octanol–water partition coefficient (Wildman–Crippen LogP) is 1.03. The summed E-state index contributed by atoms with van der Waals surface area (Å²) in [5.41, 5.74) is 3.63. The summed E-state index contributed by atoms with van der Waals surface area (Å²) in [5, 5.41) is 2.22. The second-order valence-corrected chi connectivity index (χ2v) is 3.81. The first-order chi connectivity index (χ1) is 6.68. The van der Waals surface area contributed by atoms with Crippen LogP contribution in [0.25, 0.3) is 0 Å². The smallest absolute Gasteiger partial charge is 0.284 e. The van der Waals surface area contributed by atoms with E-state index < -0.39 is 0 Å². The van der Waals surface area contributed by atoms with E-state index in [-0.39, 0.29) is 5.91 Å². The van der Waals surface area contributed by atoms with Crippen molar-refractivity contribution in [1.82, 2.24) is 15.0 Å². The van der Waals surface area contributed by atoms with Crippen molar-refractivity contribution in [2.45, 2.75) is 6.42 Å². The van der Waals surface area contributed by atoms with Crippen molar-refractivity contribution in [3.63, 3.8) is 0 Å². The molecule has 1 saturated heterocycles. The van der Waals surface area contributed by atoms with Gasteiger partial charge in [-0.25, -0.2) is 5.43 Å². The molecule has 0 saturated carbocycles. The zero-order valence-corrected chi connectivity index (χ0v) is 8.71. The number of hydrogen-bond acceptors (Lipinski definition) is 2. The van der Waals surface area contributed by atoms with Gasteiger partial charge in [0, 0.05) is 26.3 Å². The van der Waals surface area contributed by atoms with Crippen LogP contribution in [0, 0.1) is 0 Å². The fraction of sp³-hybridized carbons (Fsp3) is 0.444. The lowest BCUT2D eigenvalue weighted by Crippen LogP contribution is -2.37. The molecular formula is C9H12ClN3O. The number of halogens is 1. The van der Waals surface area contributed by atoms with E-state index in [1.54, 1.807) is 21.8 Å². The van der Waals surface area contributed by atoms with Gasteiger partial charge in [-0.2, -0.15) is 0 Å². The number of hydrogen-bond donors (Lipinski definition) is 1. The van der Waals surface area contributed by atoms with Crippen molar-refractivity contribution < 1.29 is 4.79 Å². The monoisotopic (exact) mass is 213 g/mol. The van der Waals surface area contributed by atoms with Gasteiger partial charge in [0.15, 0.2) is 0 Å². The number of amides is 1. The van der Waals surface area contributed by atoms with Crippen LogP contribution in [-0.2, 0) is 7.05 Å². The molecule has 0 unspecified atom stereocenters. The van der Waals surface area contributed by atoms with Crippen molar-refractivity contribution in [3.8, 4) is 0 Å². The summed E-state index contributed by atoms with van der Waals surface area (Å²) >= 11 is 5.80. The van der Waals surface area contributed by atoms with Gasteiger partial charge in [-0.15, -0.1) is 0 Å². The van der Waals surface area contributed by atoms with Crippen LogP contribution in [0.3, 0.4) is 0 Å². The zero-order valence-electron chi connectivity index (χ0n) is 7.96. The topological polar surface area (TPSA) is 37.3 Å². The standard InChI is InChI=1S/C9H12ClN3O/c1-12-6-7(10)5-8(12)9(14)13-4-2-3-11-13/h5-6,11H,2-4H2,1H3. The van der Waals surface area contributed by atoms with Crippen LogP contribution < -0.4 is 5.43 Å². The summed E-state index contributed by atoms with van der Waals surface area (Å²) in [4.78, 5) is 11.9. The fourth-order valence-electron chi connectivity index (χ4n) is 1.58. The first kappa shape index (κ1) is 9.55. The first-order valence-corrected chi connectivity index (χ1v) is 4.93. The Balaban J connectivity index is 2.21. The maximum absolute atomic E-state index is 11.9. The van der Waals surface area contributed by atoms with Crippen molar-refractivity contribution >= 4 is 17.5 Å². The third kappa shape index (κ3) is 1.63. The van der Waals surface area contributed by atoms with Gasteiger partial charge >= 0.3 is 0 Å². The fourth-order valence-corrected chi connectivity index (χ4v) is 1.83. The van der Waals surface area contributed by atoms with Gasteiger partial charge in [0.1, 0.15) is 5.69 Å². The van der Waals surface area contributed by atoms with Gasteiger partial charge in [0.2, 0.25) is 0 Å². The third-order valence-electron chi connectivity index (χ3n) is 2.30. The number of nitrogens with one attached hydrogen (secondary N) is 1. The van der Waals surface area contributed by atoms with Gasteiger partial charge in [-0.05, 0) is 12.5 Å². The van der Waals surface area contributed by atoms with Crippen LogP contribution in [0.15, 0.2) is 12.3 Å². The molecule has 2 rings (SSSR count). The SMILES string of the molecule is Cn1cc(Cl)cc1C(=O)N1CCCN1. The van der Waals surface area contributed by atoms with E-state index >= 15 is 0 Å². The summed E-state index contributed by atoms with van der Waals surface area (Å²) in [7, 11) is 1.81. The van der Waals surface area contributed by atoms with Gasteiger partial charge in [-0.3, -0.25) is 9.80 Å². The van der Waals surface area contributed by atoms with Crippen LogP contribution >= 0.6 is 11.6 Å². The molecule has 1 aliphatic heterocycles. The molecule has 1 fully saturated rings. The van der Waals surface area contributed by atoms with Crippen LogP contribution in [0.2, 0.25) is 5.02 Å². The highest BCUT2D eigenvalue weighted by atomic mass is 35.5. The molecule has 0 atom stereocenters. The summed E-state index contributed by atoms with van der Waals surface area (Å²) in [6.45, 7) is 1.63. The van der Waals surface area contributed by atoms with Gasteiger partial charge < -0.3 is 4.57 Å². The molecule has 0 aliphatic carbocycles. The van der Waals surface area contributed by atoms with Gasteiger partial charge in [0.05, 0.1) is 5.02 Å². The Bertz CT molecular complexity index is 355. The summed E-state index contributed by atoms with van der Waals surface area (Å²) in [5.74, 6) is -0.0168. The summed E-state index contributed by atoms with van der Waals surface area (Å²) in [6, 6.07) is 1.68. The van der Waals surface area contributed by atoms with Gasteiger partial charge in [-0.1, -0.05) is 11.6 Å². The van der Waals surface area contributed by atoms with E-state index in [0.717, 1.165) is 19.5 Å². The zero-order chi connectivity index (χ0) is 10.1. The number of hydrazine groups is 1. The highest BCUT2D eigenvalue weighted by Gasteiger charge is 2.21. The average Bonchev–Trinajstić information content (AvgIpc) is 2.73. The predicted molar refractivity (Wildman–Crippen MR) is 54.1 cm³/mol. The third-order valence-corrected chi connectivity index (χ3v) is 2.50. The maximum atomic E-state index is 11.9. The quantitative estimate of drug-likeness (QED) is 0.757. The second-order valence-electron chi connectivity index (χ2n) is 3.37. The highest BCUT2D eigenvalue weighted by Crippen LogP contribution is 2.14. The number of rotatable bonds is 1. The molecule has 0 bridgehead atoms. The second kappa shape index (κ2) is 3.63. The van der Waals surface area contributed by atoms with E-state index in [4.69, 9.17) is 11.6 Å². The van der Waals surface area contributed by atoms with E-state index in [2.05, 4.69) is 5.43 Å². The highest BCUT2D eigenvalue weighted by molar-refractivity contribution is 6.31. The lowest BCUT2D eigenvalue weighted by atomic mass is 10.4. The number of nitrogens with zero attached hydrogens (tertiary/aromatic N) is 2. The summed E-state index contributed by atoms with van der Waals surface area (Å²) in [6.07, 6.45) is 2.73. The largest absolute Gasteiger partial charge is 0.345 e. The molecule has 1 amide bonds. The van der Waals surface area contributed by atoms with Crippen molar-refractivity contribution in [2.75, 3.05) is 13.1 Å². The Morgan fingerprint density at radius 3 is 2.93 bits per heavy atom. The molecule has 5 heteroatoms. The number of carbonyl (C=O) groups excluding carboxylic acids is 1. The van der Waals surface area contributed by atoms with E-state index in [1.165, 1.54) is 0 Å². The molecule has 4 nitrogen and oxygen atoms in total. The van der Waals surface area contributed by atoms with Crippen LogP contribution in [0.1, 0.15) is 16.9 Å². The molecule has 2 heterocycles. The van der Waals surface area contributed by atoms with E-state index in [9.17, 15) is 4.79 Å². The lowest BCUT2D eigenvalue weighted by molar-refractivity contribution is 0.0716. The Kier molecular flexibility index (Phi) is 2.48. The normalized spacial score (nSPS) is 16.3. The molecule has 76 valence electrons. The maximum Gasteiger partial charge on any atom is 0.284 e. The molecule has 14 heavy (non-hydrogen) atoms. The molecule has 1 aliphatic rings. The summed E-state index contributed by atoms with van der Waals surface area (Å²) < 4.78 is 1.74. The minimum absolute atomic E-state index is 0.0168. The molecule has 0 spiro atoms. The Morgan fingerprint density at radius 2 is 2.43 bits per heavy atom. The Hall–Kier alpha value is -1.00. The number of aryl methyl sites for hydroxylation is 1. The molecule has 0 aromatic carbocycles. The molecular weight excluding hydrogens is 202 g/mol.